The van der Waals surface area contributed by atoms with Gasteiger partial charge in [0.15, 0.2) is 0 Å². The van der Waals surface area contributed by atoms with Crippen LogP contribution in [0.5, 0.6) is 0 Å². The summed E-state index contributed by atoms with van der Waals surface area (Å²) in [7, 11) is 3.78. The van der Waals surface area contributed by atoms with Crippen LogP contribution in [-0.4, -0.2) is 25.8 Å². The zero-order valence-corrected chi connectivity index (χ0v) is 9.50. The lowest BCUT2D eigenvalue weighted by molar-refractivity contribution is 0.0770. The summed E-state index contributed by atoms with van der Waals surface area (Å²) in [4.78, 5) is 2.15. The van der Waals surface area contributed by atoms with Crippen LogP contribution in [0.1, 0.15) is 16.7 Å². The number of benzene rings is 1. The topological polar surface area (TPSA) is 12.5 Å². The minimum atomic E-state index is 0.674. The van der Waals surface area contributed by atoms with Crippen LogP contribution in [0.15, 0.2) is 18.2 Å². The predicted octanol–water partition coefficient (Wildman–Crippen LogP) is 2.34. The number of nitrogens with zero attached hydrogens (tertiary/aromatic N) is 1. The van der Waals surface area contributed by atoms with Crippen LogP contribution < -0.4 is 0 Å². The second-order valence-corrected chi connectivity index (χ2v) is 3.86. The number of rotatable bonds is 4. The Balaban J connectivity index is 2.67. The van der Waals surface area contributed by atoms with Gasteiger partial charge in [0.25, 0.3) is 0 Å². The van der Waals surface area contributed by atoms with Crippen molar-refractivity contribution in [3.05, 3.63) is 34.9 Å². The Morgan fingerprint density at radius 2 is 2.00 bits per heavy atom. The smallest absolute Gasteiger partial charge is 0.0986 e. The Morgan fingerprint density at radius 3 is 2.57 bits per heavy atom. The highest BCUT2D eigenvalue weighted by atomic mass is 16.5. The lowest BCUT2D eigenvalue weighted by atomic mass is 10.1. The van der Waals surface area contributed by atoms with Crippen molar-refractivity contribution in [2.24, 2.45) is 0 Å². The Labute approximate surface area is 86.5 Å². The molecule has 0 N–H and O–H groups in total. The lowest BCUT2D eigenvalue weighted by Gasteiger charge is -2.16. The highest BCUT2D eigenvalue weighted by Crippen LogP contribution is 2.12. The van der Waals surface area contributed by atoms with E-state index in [1.165, 1.54) is 16.7 Å². The van der Waals surface area contributed by atoms with Crippen LogP contribution in [0.3, 0.4) is 0 Å². The molecule has 0 atom stereocenters. The molecule has 0 fully saturated rings. The van der Waals surface area contributed by atoms with Crippen LogP contribution in [0.25, 0.3) is 0 Å². The summed E-state index contributed by atoms with van der Waals surface area (Å²) >= 11 is 0. The summed E-state index contributed by atoms with van der Waals surface area (Å²) in [6, 6.07) is 6.57. The predicted molar refractivity (Wildman–Crippen MR) is 59.3 cm³/mol. The van der Waals surface area contributed by atoms with Gasteiger partial charge in [0, 0.05) is 13.7 Å². The number of hydrogen-bond donors (Lipinski definition) is 0. The Kier molecular flexibility index (Phi) is 4.11. The van der Waals surface area contributed by atoms with E-state index in [1.807, 2.05) is 0 Å². The molecule has 1 aromatic rings. The molecule has 0 aliphatic rings. The molecule has 14 heavy (non-hydrogen) atoms. The van der Waals surface area contributed by atoms with Crippen molar-refractivity contribution in [2.75, 3.05) is 20.9 Å². The van der Waals surface area contributed by atoms with E-state index in [1.54, 1.807) is 7.11 Å². The molecule has 0 radical (unpaired) electrons. The first-order chi connectivity index (χ1) is 6.63. The molecular formula is C12H19NO. The van der Waals surface area contributed by atoms with Crippen LogP contribution in [0, 0.1) is 13.8 Å². The molecule has 78 valence electrons. The van der Waals surface area contributed by atoms with Gasteiger partial charge in [-0.25, -0.2) is 0 Å². The van der Waals surface area contributed by atoms with Gasteiger partial charge in [0.1, 0.15) is 0 Å². The van der Waals surface area contributed by atoms with Gasteiger partial charge in [-0.05, 0) is 32.0 Å². The molecular weight excluding hydrogens is 174 g/mol. The molecule has 1 rings (SSSR count). The van der Waals surface area contributed by atoms with Crippen molar-refractivity contribution >= 4 is 0 Å². The van der Waals surface area contributed by atoms with Crippen molar-refractivity contribution in [1.82, 2.24) is 4.90 Å². The quantitative estimate of drug-likeness (QED) is 0.680. The lowest BCUT2D eigenvalue weighted by Crippen LogP contribution is -2.20. The van der Waals surface area contributed by atoms with Crippen molar-refractivity contribution in [2.45, 2.75) is 20.4 Å². The van der Waals surface area contributed by atoms with Crippen molar-refractivity contribution in [3.8, 4) is 0 Å². The highest BCUT2D eigenvalue weighted by molar-refractivity contribution is 5.30. The second-order valence-electron chi connectivity index (χ2n) is 3.86. The summed E-state index contributed by atoms with van der Waals surface area (Å²) in [6.07, 6.45) is 0. The number of ether oxygens (including phenoxy) is 1. The molecule has 0 saturated carbocycles. The molecule has 0 bridgehead atoms. The largest absolute Gasteiger partial charge is 0.369 e. The fourth-order valence-corrected chi connectivity index (χ4v) is 1.58. The molecule has 0 amide bonds. The maximum absolute atomic E-state index is 5.07. The second kappa shape index (κ2) is 5.13. The van der Waals surface area contributed by atoms with Gasteiger partial charge in [0.2, 0.25) is 0 Å². The summed E-state index contributed by atoms with van der Waals surface area (Å²) in [5.41, 5.74) is 4.05. The molecule has 0 unspecified atom stereocenters. The minimum Gasteiger partial charge on any atom is -0.369 e. The van der Waals surface area contributed by atoms with E-state index in [9.17, 15) is 0 Å². The van der Waals surface area contributed by atoms with Gasteiger partial charge in [-0.1, -0.05) is 23.8 Å². The van der Waals surface area contributed by atoms with E-state index in [0.717, 1.165) is 6.54 Å². The van der Waals surface area contributed by atoms with E-state index >= 15 is 0 Å². The number of methoxy groups -OCH3 is 1. The molecule has 0 spiro atoms. The van der Waals surface area contributed by atoms with Crippen LogP contribution in [0.2, 0.25) is 0 Å². The normalized spacial score (nSPS) is 10.9. The molecule has 2 nitrogen and oxygen atoms in total. The third kappa shape index (κ3) is 3.13. The van der Waals surface area contributed by atoms with E-state index in [4.69, 9.17) is 4.74 Å². The Bertz CT molecular complexity index is 296. The SMILES string of the molecule is COCN(C)Cc1ccc(C)cc1C. The summed E-state index contributed by atoms with van der Waals surface area (Å²) < 4.78 is 5.07. The zero-order valence-electron chi connectivity index (χ0n) is 9.50. The van der Waals surface area contributed by atoms with E-state index in [-0.39, 0.29) is 0 Å². The van der Waals surface area contributed by atoms with Gasteiger partial charge < -0.3 is 4.74 Å². The van der Waals surface area contributed by atoms with Gasteiger partial charge >= 0.3 is 0 Å². The molecule has 0 aliphatic carbocycles. The van der Waals surface area contributed by atoms with Crippen molar-refractivity contribution in [1.29, 1.82) is 0 Å². The minimum absolute atomic E-state index is 0.674. The van der Waals surface area contributed by atoms with Crippen LogP contribution >= 0.6 is 0 Å². The monoisotopic (exact) mass is 193 g/mol. The fraction of sp³-hybridized carbons (Fsp3) is 0.500. The third-order valence-electron chi connectivity index (χ3n) is 2.29. The molecule has 0 aliphatic heterocycles. The maximum Gasteiger partial charge on any atom is 0.0986 e. The molecule has 2 heteroatoms. The first-order valence-electron chi connectivity index (χ1n) is 4.87. The summed E-state index contributed by atoms with van der Waals surface area (Å²) in [5.74, 6) is 0. The average molecular weight is 193 g/mol. The number of aryl methyl sites for hydroxylation is 2. The summed E-state index contributed by atoms with van der Waals surface area (Å²) in [6.45, 7) is 5.89. The molecule has 1 aromatic carbocycles. The zero-order chi connectivity index (χ0) is 10.6. The summed E-state index contributed by atoms with van der Waals surface area (Å²) in [5, 5.41) is 0. The highest BCUT2D eigenvalue weighted by Gasteiger charge is 2.02. The van der Waals surface area contributed by atoms with E-state index < -0.39 is 0 Å². The Morgan fingerprint density at radius 1 is 1.29 bits per heavy atom. The van der Waals surface area contributed by atoms with Gasteiger partial charge in [-0.3, -0.25) is 4.90 Å². The van der Waals surface area contributed by atoms with E-state index in [0.29, 0.717) is 6.73 Å². The molecule has 0 saturated heterocycles. The van der Waals surface area contributed by atoms with Crippen LogP contribution in [0.4, 0.5) is 0 Å². The van der Waals surface area contributed by atoms with Gasteiger partial charge in [0.05, 0.1) is 6.73 Å². The number of hydrogen-bond acceptors (Lipinski definition) is 2. The third-order valence-corrected chi connectivity index (χ3v) is 2.29. The van der Waals surface area contributed by atoms with Crippen LogP contribution in [-0.2, 0) is 11.3 Å². The van der Waals surface area contributed by atoms with Crippen molar-refractivity contribution in [3.63, 3.8) is 0 Å². The molecule has 0 aromatic heterocycles. The standard InChI is InChI=1S/C12H19NO/c1-10-5-6-12(11(2)7-10)8-13(3)9-14-4/h5-7H,8-9H2,1-4H3. The molecule has 0 heterocycles. The van der Waals surface area contributed by atoms with E-state index in [2.05, 4.69) is 44.0 Å². The van der Waals surface area contributed by atoms with Gasteiger partial charge in [-0.15, -0.1) is 0 Å². The van der Waals surface area contributed by atoms with Crippen molar-refractivity contribution < 1.29 is 4.74 Å². The van der Waals surface area contributed by atoms with Gasteiger partial charge in [-0.2, -0.15) is 0 Å². The Hall–Kier alpha value is -0.860. The average Bonchev–Trinajstić information content (AvgIpc) is 2.10. The first-order valence-corrected chi connectivity index (χ1v) is 4.87. The first kappa shape index (κ1) is 11.2. The maximum atomic E-state index is 5.07. The fourth-order valence-electron chi connectivity index (χ4n) is 1.58.